The first-order chi connectivity index (χ1) is 33.5. The van der Waals surface area contributed by atoms with E-state index in [0.29, 0.717) is 12.1 Å². The highest BCUT2D eigenvalue weighted by atomic mass is 16.1. The van der Waals surface area contributed by atoms with Gasteiger partial charge >= 0.3 is 0 Å². The number of rotatable bonds is 18. The van der Waals surface area contributed by atoms with Gasteiger partial charge in [0.1, 0.15) is 0 Å². The van der Waals surface area contributed by atoms with Gasteiger partial charge < -0.3 is 10.6 Å². The zero-order valence-electron chi connectivity index (χ0n) is 44.4. The van der Waals surface area contributed by atoms with Crippen LogP contribution in [0.3, 0.4) is 0 Å². The maximum Gasteiger partial charge on any atom is 0.175 e. The topological polar surface area (TPSA) is 64.7 Å². The van der Waals surface area contributed by atoms with Crippen LogP contribution >= 0.6 is 0 Å². The van der Waals surface area contributed by atoms with Crippen LogP contribution in [0.2, 0.25) is 0 Å². The molecular formula is C64H84N4O2. The van der Waals surface area contributed by atoms with Gasteiger partial charge in [0.25, 0.3) is 0 Å². The normalized spacial score (nSPS) is 23.5. The molecule has 0 aromatic heterocycles. The third kappa shape index (κ3) is 16.1. The highest BCUT2D eigenvalue weighted by molar-refractivity contribution is 6.02. The first-order valence-corrected chi connectivity index (χ1v) is 26.1. The number of allylic oxidation sites excluding steroid dienone is 20. The van der Waals surface area contributed by atoms with Crippen LogP contribution < -0.4 is 10.6 Å². The molecule has 2 N–H and O–H groups in total. The van der Waals surface area contributed by atoms with Crippen molar-refractivity contribution in [1.29, 1.82) is 0 Å². The zero-order chi connectivity index (χ0) is 50.3. The van der Waals surface area contributed by atoms with Crippen molar-refractivity contribution in [2.45, 2.75) is 145 Å². The Balaban J connectivity index is 0.926. The maximum absolute atomic E-state index is 13.7. The zero-order valence-corrected chi connectivity index (χ0v) is 44.4. The van der Waals surface area contributed by atoms with Crippen LogP contribution in [-0.2, 0) is 22.7 Å². The van der Waals surface area contributed by atoms with Gasteiger partial charge in [-0.2, -0.15) is 0 Å². The van der Waals surface area contributed by atoms with E-state index >= 15 is 0 Å². The van der Waals surface area contributed by atoms with E-state index < -0.39 is 0 Å². The standard InChI is InChI=1S/C64H84N4O2/c1-47(23-19-25-49(3)31-33-57-51(5)61(69)59(43-63(57,7)8)65-55-35-39-67(40-36-55)45-53-27-13-11-14-28-53)21-17-18-22-48(2)24-20-26-50(4)32-34-58-52(6)62(70)60(44-64(58,9)10)66-56-37-41-68(42-38-56)46-54-29-15-12-16-30-54/h11-34,55-56,59-60,65-66H,35-46H2,1-10H3. The number of ketones is 2. The van der Waals surface area contributed by atoms with Crippen molar-refractivity contribution in [2.75, 3.05) is 26.2 Å². The van der Waals surface area contributed by atoms with E-state index in [9.17, 15) is 9.59 Å². The molecule has 2 fully saturated rings. The van der Waals surface area contributed by atoms with E-state index in [0.717, 1.165) is 122 Å². The molecule has 0 saturated carbocycles. The minimum Gasteiger partial charge on any atom is -0.304 e. The Bertz CT molecular complexity index is 2280. The van der Waals surface area contributed by atoms with Crippen molar-refractivity contribution >= 4 is 11.6 Å². The number of nitrogens with zero attached hydrogens (tertiary/aromatic N) is 2. The smallest absolute Gasteiger partial charge is 0.175 e. The Morgan fingerprint density at radius 1 is 0.514 bits per heavy atom. The number of carbonyl (C=O) groups excluding carboxylic acids is 2. The average molecular weight is 941 g/mol. The van der Waals surface area contributed by atoms with Gasteiger partial charge in [-0.05, 0) is 150 Å². The second-order valence-corrected chi connectivity index (χ2v) is 21.9. The van der Waals surface area contributed by atoms with Gasteiger partial charge in [0.15, 0.2) is 11.6 Å². The summed E-state index contributed by atoms with van der Waals surface area (Å²) in [6.45, 7) is 27.8. The van der Waals surface area contributed by atoms with E-state index in [4.69, 9.17) is 0 Å². The monoisotopic (exact) mass is 941 g/mol. The highest BCUT2D eigenvalue weighted by Gasteiger charge is 2.40. The largest absolute Gasteiger partial charge is 0.304 e. The molecule has 6 nitrogen and oxygen atoms in total. The second kappa shape index (κ2) is 25.7. The molecule has 2 heterocycles. The third-order valence-corrected chi connectivity index (χ3v) is 14.9. The molecule has 0 radical (unpaired) electrons. The van der Waals surface area contributed by atoms with E-state index in [1.54, 1.807) is 0 Å². The van der Waals surface area contributed by atoms with Crippen LogP contribution in [0.15, 0.2) is 190 Å². The lowest BCUT2D eigenvalue weighted by atomic mass is 9.70. The minimum atomic E-state index is -0.128. The summed E-state index contributed by atoms with van der Waals surface area (Å²) >= 11 is 0. The van der Waals surface area contributed by atoms with Gasteiger partial charge in [-0.3, -0.25) is 19.4 Å². The van der Waals surface area contributed by atoms with Gasteiger partial charge in [-0.1, -0.05) is 196 Å². The Labute approximate surface area is 423 Å². The van der Waals surface area contributed by atoms with E-state index in [2.05, 4.69) is 222 Å². The quantitative estimate of drug-likeness (QED) is 0.145. The summed E-state index contributed by atoms with van der Waals surface area (Å²) in [6, 6.07) is 21.9. The Hall–Kier alpha value is -5.24. The van der Waals surface area contributed by atoms with Gasteiger partial charge in [-0.25, -0.2) is 0 Å². The number of hydrogen-bond acceptors (Lipinski definition) is 6. The lowest BCUT2D eigenvalue weighted by Gasteiger charge is -2.40. The van der Waals surface area contributed by atoms with Crippen LogP contribution in [0.4, 0.5) is 0 Å². The molecule has 4 aliphatic rings. The van der Waals surface area contributed by atoms with Crippen LogP contribution in [-0.4, -0.2) is 71.7 Å². The molecule has 2 aliphatic carbocycles. The summed E-state index contributed by atoms with van der Waals surface area (Å²) in [6.07, 6.45) is 35.6. The van der Waals surface area contributed by atoms with Crippen LogP contribution in [0.25, 0.3) is 0 Å². The van der Waals surface area contributed by atoms with Crippen molar-refractivity contribution in [1.82, 2.24) is 20.4 Å². The molecule has 2 atom stereocenters. The fraction of sp³-hybridized carbons (Fsp3) is 0.438. The highest BCUT2D eigenvalue weighted by Crippen LogP contribution is 2.41. The van der Waals surface area contributed by atoms with Crippen molar-refractivity contribution in [3.8, 4) is 0 Å². The predicted octanol–water partition coefficient (Wildman–Crippen LogP) is 13.4. The summed E-state index contributed by atoms with van der Waals surface area (Å²) in [5, 5.41) is 7.56. The number of hydrogen-bond donors (Lipinski definition) is 2. The van der Waals surface area contributed by atoms with E-state index in [1.165, 1.54) is 11.1 Å². The molecule has 0 amide bonds. The fourth-order valence-electron chi connectivity index (χ4n) is 10.7. The molecule has 6 heteroatoms. The molecule has 0 bridgehead atoms. The molecular weight excluding hydrogens is 857 g/mol. The predicted molar refractivity (Wildman–Crippen MR) is 296 cm³/mol. The van der Waals surface area contributed by atoms with Crippen molar-refractivity contribution in [3.63, 3.8) is 0 Å². The summed E-state index contributed by atoms with van der Waals surface area (Å²) in [4.78, 5) is 32.4. The summed E-state index contributed by atoms with van der Waals surface area (Å²) in [5.41, 5.74) is 11.2. The third-order valence-electron chi connectivity index (χ3n) is 14.9. The first kappa shape index (κ1) is 54.1. The average Bonchev–Trinajstić information content (AvgIpc) is 3.32. The fourth-order valence-corrected chi connectivity index (χ4v) is 10.7. The SMILES string of the molecule is CC(C=CC=C(C)C=CC1=C(C)C(=O)C(NC2CCN(Cc3ccccc3)CC2)CC1(C)C)=CC=CC=C(C)C=CC=C(C)C=CC1=C(C)C(=O)C(NC2CCN(Cc3ccccc3)CC2)CC1(C)C. The van der Waals surface area contributed by atoms with Gasteiger partial charge in [-0.15, -0.1) is 0 Å². The maximum atomic E-state index is 13.7. The van der Waals surface area contributed by atoms with Crippen LogP contribution in [0, 0.1) is 10.8 Å². The lowest BCUT2D eigenvalue weighted by molar-refractivity contribution is -0.119. The second-order valence-electron chi connectivity index (χ2n) is 21.9. The van der Waals surface area contributed by atoms with Gasteiger partial charge in [0.05, 0.1) is 12.1 Å². The molecule has 2 aromatic carbocycles. The van der Waals surface area contributed by atoms with Crippen LogP contribution in [0.5, 0.6) is 0 Å². The Kier molecular flexibility index (Phi) is 19.9. The Morgan fingerprint density at radius 2 is 0.843 bits per heavy atom. The van der Waals surface area contributed by atoms with Crippen molar-refractivity contribution in [2.24, 2.45) is 10.8 Å². The van der Waals surface area contributed by atoms with E-state index in [-0.39, 0.29) is 34.5 Å². The number of piperidine rings is 2. The number of benzene rings is 2. The minimum absolute atomic E-state index is 0.101. The molecule has 372 valence electrons. The molecule has 6 rings (SSSR count). The summed E-state index contributed by atoms with van der Waals surface area (Å²) < 4.78 is 0. The van der Waals surface area contributed by atoms with Crippen LogP contribution in [0.1, 0.15) is 119 Å². The molecule has 0 spiro atoms. The molecule has 2 saturated heterocycles. The first-order valence-electron chi connectivity index (χ1n) is 26.1. The van der Waals surface area contributed by atoms with E-state index in [1.807, 2.05) is 13.8 Å². The van der Waals surface area contributed by atoms with Crippen molar-refractivity contribution < 1.29 is 9.59 Å². The molecule has 2 aliphatic heterocycles. The molecule has 2 aromatic rings. The van der Waals surface area contributed by atoms with Gasteiger partial charge in [0.2, 0.25) is 0 Å². The molecule has 2 unspecified atom stereocenters. The number of nitrogens with one attached hydrogen (secondary N) is 2. The molecule has 70 heavy (non-hydrogen) atoms. The number of likely N-dealkylation sites (tertiary alicyclic amines) is 2. The lowest BCUT2D eigenvalue weighted by Crippen LogP contribution is -2.52. The van der Waals surface area contributed by atoms with Crippen molar-refractivity contribution in [3.05, 3.63) is 201 Å². The number of carbonyl (C=O) groups is 2. The Morgan fingerprint density at radius 3 is 1.20 bits per heavy atom. The summed E-state index contributed by atoms with van der Waals surface area (Å²) in [7, 11) is 0. The van der Waals surface area contributed by atoms with Gasteiger partial charge in [0, 0.05) is 25.2 Å². The summed E-state index contributed by atoms with van der Waals surface area (Å²) in [5.74, 6) is 0.487. The number of Topliss-reactive ketones (excluding diaryl/α,β-unsaturated/α-hetero) is 2.